The lowest BCUT2D eigenvalue weighted by molar-refractivity contribution is -0.124. The van der Waals surface area contributed by atoms with Gasteiger partial charge in [0.15, 0.2) is 0 Å². The highest BCUT2D eigenvalue weighted by Gasteiger charge is 2.54. The molecule has 1 atom stereocenters. The third kappa shape index (κ3) is 6.06. The van der Waals surface area contributed by atoms with Crippen LogP contribution in [0.2, 0.25) is 10.0 Å². The second kappa shape index (κ2) is 10.7. The molecule has 1 aliphatic heterocycles. The molecular weight excluding hydrogens is 591 g/mol. The molecular formula is C29H27BrCl2N2O4. The molecule has 1 aliphatic rings. The highest BCUT2D eigenvalue weighted by Crippen LogP contribution is 2.38. The Morgan fingerprint density at radius 2 is 1.58 bits per heavy atom. The third-order valence-electron chi connectivity index (χ3n) is 6.15. The van der Waals surface area contributed by atoms with E-state index in [1.807, 2.05) is 30.3 Å². The molecule has 6 nitrogen and oxygen atoms in total. The number of esters is 1. The summed E-state index contributed by atoms with van der Waals surface area (Å²) in [5.41, 5.74) is 0.361. The van der Waals surface area contributed by atoms with Crippen LogP contribution in [0.3, 0.4) is 0 Å². The van der Waals surface area contributed by atoms with Crippen LogP contribution in [0, 0.1) is 0 Å². The van der Waals surface area contributed by atoms with Crippen LogP contribution in [0.15, 0.2) is 71.2 Å². The molecule has 0 aliphatic carbocycles. The Bertz CT molecular complexity index is 1380. The summed E-state index contributed by atoms with van der Waals surface area (Å²) in [7, 11) is 0. The maximum atomic E-state index is 14.0. The van der Waals surface area contributed by atoms with E-state index in [9.17, 15) is 14.4 Å². The van der Waals surface area contributed by atoms with Gasteiger partial charge in [-0.05, 0) is 81.3 Å². The molecule has 3 aromatic rings. The zero-order valence-electron chi connectivity index (χ0n) is 21.4. The average molecular weight is 618 g/mol. The van der Waals surface area contributed by atoms with Gasteiger partial charge in [-0.2, -0.15) is 0 Å². The maximum Gasteiger partial charge on any atom is 0.338 e. The topological polar surface area (TPSA) is 66.9 Å². The van der Waals surface area contributed by atoms with Crippen LogP contribution < -0.4 is 4.90 Å². The zero-order chi connectivity index (χ0) is 27.8. The fourth-order valence-electron chi connectivity index (χ4n) is 4.40. The molecule has 9 heteroatoms. The molecule has 0 radical (unpaired) electrons. The van der Waals surface area contributed by atoms with E-state index in [-0.39, 0.29) is 13.0 Å². The zero-order valence-corrected chi connectivity index (χ0v) is 24.5. The number of ether oxygens (including phenoxy) is 1. The van der Waals surface area contributed by atoms with Crippen molar-refractivity contribution >= 4 is 62.7 Å². The number of carbonyl (C=O) groups is 3. The Hall–Kier alpha value is -2.87. The summed E-state index contributed by atoms with van der Waals surface area (Å²) in [5, 5.41) is 0.623. The third-order valence-corrected chi connectivity index (χ3v) is 7.12. The summed E-state index contributed by atoms with van der Waals surface area (Å²) in [6.07, 6.45) is 0.279. The summed E-state index contributed by atoms with van der Waals surface area (Å²) in [5.74, 6) is -0.858. The van der Waals surface area contributed by atoms with E-state index < -0.39 is 29.0 Å². The van der Waals surface area contributed by atoms with Crippen molar-refractivity contribution in [1.82, 2.24) is 4.90 Å². The van der Waals surface area contributed by atoms with Crippen molar-refractivity contribution in [3.8, 4) is 0 Å². The molecule has 198 valence electrons. The minimum Gasteiger partial charge on any atom is -0.456 e. The fraction of sp³-hybridized carbons (Fsp3) is 0.276. The van der Waals surface area contributed by atoms with Crippen LogP contribution in [0.25, 0.3) is 0 Å². The van der Waals surface area contributed by atoms with Crippen molar-refractivity contribution in [3.63, 3.8) is 0 Å². The highest BCUT2D eigenvalue weighted by molar-refractivity contribution is 9.10. The normalized spacial score (nSPS) is 17.8. The number of carbonyl (C=O) groups excluding carboxylic acids is 3. The van der Waals surface area contributed by atoms with Crippen molar-refractivity contribution in [2.24, 2.45) is 0 Å². The van der Waals surface area contributed by atoms with E-state index >= 15 is 0 Å². The molecule has 3 amide bonds. The van der Waals surface area contributed by atoms with Gasteiger partial charge in [-0.25, -0.2) is 14.5 Å². The molecule has 0 saturated carbocycles. The molecule has 0 unspecified atom stereocenters. The number of anilines is 1. The number of benzene rings is 3. The lowest BCUT2D eigenvalue weighted by Gasteiger charge is -2.32. The van der Waals surface area contributed by atoms with Crippen LogP contribution in [0.5, 0.6) is 0 Å². The van der Waals surface area contributed by atoms with Crippen LogP contribution in [-0.4, -0.2) is 33.9 Å². The summed E-state index contributed by atoms with van der Waals surface area (Å²) in [6, 6.07) is 18.6. The number of hydrogen-bond acceptors (Lipinski definition) is 4. The molecule has 0 bridgehead atoms. The molecule has 1 heterocycles. The number of nitrogens with zero attached hydrogens (tertiary/aromatic N) is 2. The van der Waals surface area contributed by atoms with Crippen LogP contribution >= 0.6 is 39.1 Å². The molecule has 0 N–H and O–H groups in total. The Labute approximate surface area is 240 Å². The second-order valence-electron chi connectivity index (χ2n) is 10.4. The maximum absolute atomic E-state index is 14.0. The number of halogens is 3. The predicted octanol–water partition coefficient (Wildman–Crippen LogP) is 7.68. The van der Waals surface area contributed by atoms with E-state index in [1.165, 1.54) is 17.0 Å². The van der Waals surface area contributed by atoms with Gasteiger partial charge in [-0.15, -0.1) is 0 Å². The lowest BCUT2D eigenvalue weighted by Crippen LogP contribution is -2.48. The first-order valence-electron chi connectivity index (χ1n) is 12.0. The van der Waals surface area contributed by atoms with Crippen molar-refractivity contribution in [2.45, 2.75) is 51.8 Å². The van der Waals surface area contributed by atoms with Crippen molar-refractivity contribution in [2.75, 3.05) is 4.90 Å². The summed E-state index contributed by atoms with van der Waals surface area (Å²) >= 11 is 15.8. The van der Waals surface area contributed by atoms with Crippen molar-refractivity contribution < 1.29 is 19.1 Å². The van der Waals surface area contributed by atoms with Gasteiger partial charge >= 0.3 is 12.0 Å². The van der Waals surface area contributed by atoms with E-state index in [0.717, 1.165) is 14.9 Å². The number of hydrogen-bond donors (Lipinski definition) is 0. The van der Waals surface area contributed by atoms with E-state index in [1.54, 1.807) is 52.0 Å². The largest absolute Gasteiger partial charge is 0.456 e. The van der Waals surface area contributed by atoms with Crippen LogP contribution in [-0.2, 0) is 22.5 Å². The van der Waals surface area contributed by atoms with Crippen LogP contribution in [0.1, 0.15) is 49.2 Å². The first-order valence-corrected chi connectivity index (χ1v) is 13.5. The Balaban J connectivity index is 1.73. The summed E-state index contributed by atoms with van der Waals surface area (Å²) < 4.78 is 6.41. The smallest absolute Gasteiger partial charge is 0.338 e. The van der Waals surface area contributed by atoms with Gasteiger partial charge in [0, 0.05) is 27.5 Å². The van der Waals surface area contributed by atoms with Gasteiger partial charge in [0.1, 0.15) is 11.1 Å². The number of imide groups is 1. The van der Waals surface area contributed by atoms with Gasteiger partial charge in [-0.1, -0.05) is 63.4 Å². The fourth-order valence-corrected chi connectivity index (χ4v) is 5.18. The molecule has 0 spiro atoms. The summed E-state index contributed by atoms with van der Waals surface area (Å²) in [4.78, 5) is 43.1. The predicted molar refractivity (Wildman–Crippen MR) is 153 cm³/mol. The standard InChI is InChI=1S/C29H27BrCl2N2O4/c1-28(2,3)38-25(35)20-7-5-6-19(12-20)17-33-27(37)34(24-14-22(31)13-23(32)15-24)26(36)29(33,4)16-18-8-10-21(30)11-9-18/h5-15H,16-17H2,1-4H3/t29-/m1/s1. The Morgan fingerprint density at radius 1 is 0.947 bits per heavy atom. The molecule has 1 fully saturated rings. The van der Waals surface area contributed by atoms with Gasteiger partial charge < -0.3 is 9.64 Å². The first kappa shape index (κ1) is 28.1. The van der Waals surface area contributed by atoms with Crippen molar-refractivity contribution in [3.05, 3.63) is 97.9 Å². The number of amides is 3. The average Bonchev–Trinajstić information content (AvgIpc) is 2.99. The molecule has 3 aromatic carbocycles. The van der Waals surface area contributed by atoms with Gasteiger partial charge in [-0.3, -0.25) is 4.79 Å². The molecule has 1 saturated heterocycles. The minimum atomic E-state index is -1.22. The number of urea groups is 1. The first-order chi connectivity index (χ1) is 17.8. The Morgan fingerprint density at radius 3 is 2.18 bits per heavy atom. The van der Waals surface area contributed by atoms with Crippen LogP contribution in [0.4, 0.5) is 10.5 Å². The summed E-state index contributed by atoms with van der Waals surface area (Å²) in [6.45, 7) is 7.24. The van der Waals surface area contributed by atoms with E-state index in [4.69, 9.17) is 27.9 Å². The Kier molecular flexibility index (Phi) is 7.94. The molecule has 38 heavy (non-hydrogen) atoms. The number of rotatable bonds is 6. The van der Waals surface area contributed by atoms with E-state index in [0.29, 0.717) is 26.9 Å². The van der Waals surface area contributed by atoms with Gasteiger partial charge in [0.25, 0.3) is 5.91 Å². The molecule has 0 aromatic heterocycles. The second-order valence-corrected chi connectivity index (χ2v) is 12.2. The quantitative estimate of drug-likeness (QED) is 0.210. The SMILES string of the molecule is CC(C)(C)OC(=O)c1cccc(CN2C(=O)N(c3cc(Cl)cc(Cl)c3)C(=O)[C@@]2(C)Cc2ccc(Br)cc2)c1. The van der Waals surface area contributed by atoms with Gasteiger partial charge in [0.2, 0.25) is 0 Å². The van der Waals surface area contributed by atoms with Crippen molar-refractivity contribution in [1.29, 1.82) is 0 Å². The monoisotopic (exact) mass is 616 g/mol. The van der Waals surface area contributed by atoms with E-state index in [2.05, 4.69) is 15.9 Å². The van der Waals surface area contributed by atoms with Gasteiger partial charge in [0.05, 0.1) is 11.3 Å². The minimum absolute atomic E-state index is 0.0963. The highest BCUT2D eigenvalue weighted by atomic mass is 79.9. The lowest BCUT2D eigenvalue weighted by atomic mass is 9.90. The molecule has 4 rings (SSSR count).